The van der Waals surface area contributed by atoms with Crippen LogP contribution in [0.3, 0.4) is 0 Å². The lowest BCUT2D eigenvalue weighted by atomic mass is 10.1. The van der Waals surface area contributed by atoms with Crippen molar-refractivity contribution in [2.45, 2.75) is 39.2 Å². The molecule has 1 aromatic carbocycles. The predicted molar refractivity (Wildman–Crippen MR) is 83.4 cm³/mol. The van der Waals surface area contributed by atoms with E-state index in [-0.39, 0.29) is 23.9 Å². The van der Waals surface area contributed by atoms with Crippen LogP contribution in [0, 0.1) is 0 Å². The first kappa shape index (κ1) is 16.7. The van der Waals surface area contributed by atoms with Crippen molar-refractivity contribution < 1.29 is 9.59 Å². The van der Waals surface area contributed by atoms with Gasteiger partial charge in [0, 0.05) is 16.4 Å². The Bertz CT molecular complexity index is 481. The summed E-state index contributed by atoms with van der Waals surface area (Å²) >= 11 is 3.39. The van der Waals surface area contributed by atoms with E-state index >= 15 is 0 Å². The molecule has 20 heavy (non-hydrogen) atoms. The molecule has 1 rings (SSSR count). The van der Waals surface area contributed by atoms with Gasteiger partial charge in [-0.05, 0) is 44.9 Å². The molecule has 0 heterocycles. The highest BCUT2D eigenvalue weighted by molar-refractivity contribution is 9.10. The fourth-order valence-electron chi connectivity index (χ4n) is 1.68. The number of nitrogens with one attached hydrogen (secondary N) is 2. The molecule has 2 amide bonds. The summed E-state index contributed by atoms with van der Waals surface area (Å²) in [6, 6.07) is 7.85. The maximum absolute atomic E-state index is 11.7. The minimum absolute atomic E-state index is 0.0224. The molecule has 0 fully saturated rings. The molecule has 0 aliphatic rings. The Morgan fingerprint density at radius 1 is 1.20 bits per heavy atom. The molecule has 1 aromatic rings. The summed E-state index contributed by atoms with van der Waals surface area (Å²) in [5, 5.41) is 5.42. The van der Waals surface area contributed by atoms with E-state index < -0.39 is 0 Å². The Hall–Kier alpha value is -1.36. The number of amides is 2. The molecule has 0 aliphatic heterocycles. The van der Waals surface area contributed by atoms with Crippen LogP contribution >= 0.6 is 15.9 Å². The molecule has 110 valence electrons. The van der Waals surface area contributed by atoms with Gasteiger partial charge in [-0.2, -0.15) is 0 Å². The lowest BCUT2D eigenvalue weighted by molar-refractivity contribution is -0.126. The summed E-state index contributed by atoms with van der Waals surface area (Å²) in [7, 11) is 0. The van der Waals surface area contributed by atoms with Crippen LogP contribution in [0.4, 0.5) is 0 Å². The smallest absolute Gasteiger partial charge is 0.239 e. The van der Waals surface area contributed by atoms with E-state index in [4.69, 9.17) is 0 Å². The van der Waals surface area contributed by atoms with E-state index in [0.29, 0.717) is 12.8 Å². The molecular weight excluding hydrogens is 320 g/mol. The fourth-order valence-corrected chi connectivity index (χ4v) is 2.13. The van der Waals surface area contributed by atoms with Gasteiger partial charge in [-0.1, -0.05) is 28.1 Å². The molecule has 2 N–H and O–H groups in total. The molecule has 0 unspecified atom stereocenters. The molecule has 5 heteroatoms. The third-order valence-electron chi connectivity index (χ3n) is 2.49. The van der Waals surface area contributed by atoms with Gasteiger partial charge in [0.15, 0.2) is 0 Å². The Morgan fingerprint density at radius 3 is 2.50 bits per heavy atom. The van der Waals surface area contributed by atoms with Crippen LogP contribution in [0.25, 0.3) is 0 Å². The third-order valence-corrected chi connectivity index (χ3v) is 2.98. The first-order chi connectivity index (χ1) is 9.26. The van der Waals surface area contributed by atoms with Crippen LogP contribution in [0.15, 0.2) is 28.7 Å². The van der Waals surface area contributed by atoms with Gasteiger partial charge in [0.25, 0.3) is 0 Å². The van der Waals surface area contributed by atoms with Crippen LogP contribution in [-0.4, -0.2) is 23.9 Å². The summed E-state index contributed by atoms with van der Waals surface area (Å²) in [5.74, 6) is -0.289. The number of benzene rings is 1. The van der Waals surface area contributed by atoms with Crippen molar-refractivity contribution >= 4 is 27.7 Å². The number of hydrogen-bond donors (Lipinski definition) is 2. The number of carbonyl (C=O) groups is 2. The lowest BCUT2D eigenvalue weighted by Gasteiger charge is -2.20. The first-order valence-electron chi connectivity index (χ1n) is 6.58. The summed E-state index contributed by atoms with van der Waals surface area (Å²) in [5.41, 5.74) is 0.812. The topological polar surface area (TPSA) is 58.2 Å². The molecule has 0 aromatic heterocycles. The molecule has 0 aliphatic carbocycles. The van der Waals surface area contributed by atoms with Gasteiger partial charge in [-0.15, -0.1) is 0 Å². The van der Waals surface area contributed by atoms with Crippen LogP contribution < -0.4 is 10.6 Å². The molecule has 0 bridgehead atoms. The molecule has 0 atom stereocenters. The Kier molecular flexibility index (Phi) is 6.20. The van der Waals surface area contributed by atoms with Crippen molar-refractivity contribution in [3.05, 3.63) is 34.3 Å². The van der Waals surface area contributed by atoms with Crippen LogP contribution in [0.2, 0.25) is 0 Å². The Labute approximate surface area is 128 Å². The molecule has 0 radical (unpaired) electrons. The standard InChI is InChI=1S/C15H21BrN2O2/c1-15(2,3)18-14(20)10-17-13(19)8-7-11-5-4-6-12(16)9-11/h4-6,9H,7-8,10H2,1-3H3,(H,17,19)(H,18,20). The number of rotatable bonds is 5. The Morgan fingerprint density at radius 2 is 1.90 bits per heavy atom. The minimum Gasteiger partial charge on any atom is -0.350 e. The molecule has 4 nitrogen and oxygen atoms in total. The zero-order valence-corrected chi connectivity index (χ0v) is 13.7. The fraction of sp³-hybridized carbons (Fsp3) is 0.467. The van der Waals surface area contributed by atoms with E-state index in [9.17, 15) is 9.59 Å². The zero-order chi connectivity index (χ0) is 15.2. The average molecular weight is 341 g/mol. The van der Waals surface area contributed by atoms with Crippen molar-refractivity contribution in [1.82, 2.24) is 10.6 Å². The Balaban J connectivity index is 2.29. The van der Waals surface area contributed by atoms with E-state index in [0.717, 1.165) is 10.0 Å². The van der Waals surface area contributed by atoms with Gasteiger partial charge in [0.05, 0.1) is 6.54 Å². The van der Waals surface area contributed by atoms with Crippen molar-refractivity contribution in [3.63, 3.8) is 0 Å². The zero-order valence-electron chi connectivity index (χ0n) is 12.1. The van der Waals surface area contributed by atoms with Crippen molar-refractivity contribution in [3.8, 4) is 0 Å². The molecule has 0 saturated carbocycles. The highest BCUT2D eigenvalue weighted by atomic mass is 79.9. The number of carbonyl (C=O) groups excluding carboxylic acids is 2. The first-order valence-corrected chi connectivity index (χ1v) is 7.38. The van der Waals surface area contributed by atoms with E-state index in [1.165, 1.54) is 0 Å². The van der Waals surface area contributed by atoms with Crippen molar-refractivity contribution in [2.24, 2.45) is 0 Å². The number of aryl methyl sites for hydroxylation is 1. The van der Waals surface area contributed by atoms with Gasteiger partial charge in [0.2, 0.25) is 11.8 Å². The third kappa shape index (κ3) is 7.28. The van der Waals surface area contributed by atoms with E-state index in [1.807, 2.05) is 45.0 Å². The van der Waals surface area contributed by atoms with Gasteiger partial charge >= 0.3 is 0 Å². The quantitative estimate of drug-likeness (QED) is 0.864. The summed E-state index contributed by atoms with van der Waals surface area (Å²) < 4.78 is 1.000. The monoisotopic (exact) mass is 340 g/mol. The highest BCUT2D eigenvalue weighted by Gasteiger charge is 2.14. The van der Waals surface area contributed by atoms with Crippen LogP contribution in [-0.2, 0) is 16.0 Å². The second kappa shape index (κ2) is 7.43. The van der Waals surface area contributed by atoms with Gasteiger partial charge < -0.3 is 10.6 Å². The van der Waals surface area contributed by atoms with E-state index in [2.05, 4.69) is 26.6 Å². The van der Waals surface area contributed by atoms with Gasteiger partial charge in [0.1, 0.15) is 0 Å². The molecule has 0 saturated heterocycles. The van der Waals surface area contributed by atoms with Crippen LogP contribution in [0.5, 0.6) is 0 Å². The summed E-state index contributed by atoms with van der Waals surface area (Å²) in [4.78, 5) is 23.2. The highest BCUT2D eigenvalue weighted by Crippen LogP contribution is 2.12. The van der Waals surface area contributed by atoms with Gasteiger partial charge in [-0.3, -0.25) is 9.59 Å². The maximum atomic E-state index is 11.7. The lowest BCUT2D eigenvalue weighted by Crippen LogP contribution is -2.45. The largest absolute Gasteiger partial charge is 0.350 e. The summed E-state index contributed by atoms with van der Waals surface area (Å²) in [6.45, 7) is 5.73. The van der Waals surface area contributed by atoms with Gasteiger partial charge in [-0.25, -0.2) is 0 Å². The average Bonchev–Trinajstić information content (AvgIpc) is 2.32. The van der Waals surface area contributed by atoms with Crippen LogP contribution in [0.1, 0.15) is 32.8 Å². The normalized spacial score (nSPS) is 11.0. The molecular formula is C15H21BrN2O2. The minimum atomic E-state index is -0.280. The van der Waals surface area contributed by atoms with Crippen molar-refractivity contribution in [1.29, 1.82) is 0 Å². The number of halogens is 1. The summed E-state index contributed by atoms with van der Waals surface area (Å²) in [6.07, 6.45) is 1.03. The second-order valence-electron chi connectivity index (χ2n) is 5.70. The SMILES string of the molecule is CC(C)(C)NC(=O)CNC(=O)CCc1cccc(Br)c1. The maximum Gasteiger partial charge on any atom is 0.239 e. The van der Waals surface area contributed by atoms with Crippen molar-refractivity contribution in [2.75, 3.05) is 6.54 Å². The van der Waals surface area contributed by atoms with E-state index in [1.54, 1.807) is 0 Å². The molecule has 0 spiro atoms. The predicted octanol–water partition coefficient (Wildman–Crippen LogP) is 2.41. The number of hydrogen-bond acceptors (Lipinski definition) is 2. The second-order valence-corrected chi connectivity index (χ2v) is 6.62.